The summed E-state index contributed by atoms with van der Waals surface area (Å²) in [7, 11) is 1.54. The third-order valence-corrected chi connectivity index (χ3v) is 7.33. The third kappa shape index (κ3) is 4.15. The minimum Gasteiger partial charge on any atom is -0.479 e. The first kappa shape index (κ1) is 23.8. The van der Waals surface area contributed by atoms with E-state index in [9.17, 15) is 19.5 Å². The molecule has 2 amide bonds. The maximum atomic E-state index is 13.2. The highest BCUT2D eigenvalue weighted by Gasteiger charge is 2.56. The molecule has 0 bridgehead atoms. The fourth-order valence-corrected chi connectivity index (χ4v) is 5.24. The summed E-state index contributed by atoms with van der Waals surface area (Å²) in [6.07, 6.45) is 0.308. The quantitative estimate of drug-likeness (QED) is 0.609. The number of benzene rings is 2. The standard InChI is InChI=1S/C27H32N2O5/c1-16(2)23(24(30)29(4)27(13-14-27)25(31)32)17(3)28-26(33)34-15-22-20-11-7-5-9-18(20)19-10-6-8-12-21(19)22/h5-12,16-17,22-23H,13-15H2,1-4H3,(H,28,33)(H,31,32). The van der Waals surface area contributed by atoms with Gasteiger partial charge in [0.25, 0.3) is 0 Å². The number of hydrogen-bond donors (Lipinski definition) is 2. The Morgan fingerprint density at radius 1 is 1.03 bits per heavy atom. The van der Waals surface area contributed by atoms with Crippen molar-refractivity contribution in [3.05, 3.63) is 59.7 Å². The van der Waals surface area contributed by atoms with Crippen molar-refractivity contribution in [2.75, 3.05) is 13.7 Å². The fraction of sp³-hybridized carbons (Fsp3) is 0.444. The summed E-state index contributed by atoms with van der Waals surface area (Å²) in [4.78, 5) is 38.9. The average molecular weight is 465 g/mol. The van der Waals surface area contributed by atoms with E-state index < -0.39 is 29.6 Å². The molecule has 0 saturated heterocycles. The van der Waals surface area contributed by atoms with E-state index in [0.29, 0.717) is 12.8 Å². The molecule has 2 aliphatic rings. The molecule has 2 aromatic carbocycles. The number of nitrogens with zero attached hydrogens (tertiary/aromatic N) is 1. The van der Waals surface area contributed by atoms with Crippen LogP contribution in [0, 0.1) is 11.8 Å². The van der Waals surface area contributed by atoms with Crippen LogP contribution in [0.25, 0.3) is 11.1 Å². The fourth-order valence-electron chi connectivity index (χ4n) is 5.24. The van der Waals surface area contributed by atoms with Gasteiger partial charge in [0.2, 0.25) is 5.91 Å². The van der Waals surface area contributed by atoms with Gasteiger partial charge in [0.15, 0.2) is 0 Å². The van der Waals surface area contributed by atoms with Crippen LogP contribution < -0.4 is 5.32 Å². The molecule has 4 rings (SSSR count). The number of carbonyl (C=O) groups is 3. The van der Waals surface area contributed by atoms with Gasteiger partial charge in [-0.05, 0) is 47.9 Å². The Kier molecular flexibility index (Phi) is 6.39. The second-order valence-corrected chi connectivity index (χ2v) is 9.76. The number of hydrogen-bond acceptors (Lipinski definition) is 4. The van der Waals surface area contributed by atoms with Crippen LogP contribution in [0.4, 0.5) is 4.79 Å². The van der Waals surface area contributed by atoms with Crippen molar-refractivity contribution in [2.24, 2.45) is 11.8 Å². The van der Waals surface area contributed by atoms with E-state index in [0.717, 1.165) is 22.3 Å². The Hall–Kier alpha value is -3.35. The molecule has 2 atom stereocenters. The first-order chi connectivity index (χ1) is 16.2. The number of fused-ring (bicyclic) bond motifs is 3. The van der Waals surface area contributed by atoms with Crippen LogP contribution in [0.15, 0.2) is 48.5 Å². The molecule has 7 heteroatoms. The monoisotopic (exact) mass is 464 g/mol. The maximum Gasteiger partial charge on any atom is 0.407 e. The maximum absolute atomic E-state index is 13.2. The number of carbonyl (C=O) groups excluding carboxylic acids is 2. The Labute approximate surface area is 200 Å². The summed E-state index contributed by atoms with van der Waals surface area (Å²) in [6, 6.07) is 15.7. The van der Waals surface area contributed by atoms with E-state index in [1.807, 2.05) is 38.1 Å². The highest BCUT2D eigenvalue weighted by Crippen LogP contribution is 2.45. The number of carboxylic acids is 1. The molecule has 2 unspecified atom stereocenters. The first-order valence-corrected chi connectivity index (χ1v) is 11.8. The van der Waals surface area contributed by atoms with Gasteiger partial charge in [0, 0.05) is 19.0 Å². The molecule has 1 fully saturated rings. The second-order valence-electron chi connectivity index (χ2n) is 9.76. The van der Waals surface area contributed by atoms with Crippen molar-refractivity contribution in [3.8, 4) is 11.1 Å². The van der Waals surface area contributed by atoms with Gasteiger partial charge in [-0.25, -0.2) is 9.59 Å². The van der Waals surface area contributed by atoms with Crippen molar-refractivity contribution in [3.63, 3.8) is 0 Å². The minimum atomic E-state index is -1.12. The first-order valence-electron chi connectivity index (χ1n) is 11.8. The van der Waals surface area contributed by atoms with Gasteiger partial charge >= 0.3 is 12.1 Å². The highest BCUT2D eigenvalue weighted by molar-refractivity contribution is 5.91. The summed E-state index contributed by atoms with van der Waals surface area (Å²) >= 11 is 0. The number of alkyl carbamates (subject to hydrolysis) is 1. The van der Waals surface area contributed by atoms with Crippen molar-refractivity contribution < 1.29 is 24.2 Å². The molecule has 0 aliphatic heterocycles. The molecule has 0 aromatic heterocycles. The van der Waals surface area contributed by atoms with Crippen molar-refractivity contribution in [1.29, 1.82) is 0 Å². The Morgan fingerprint density at radius 2 is 1.56 bits per heavy atom. The lowest BCUT2D eigenvalue weighted by molar-refractivity contribution is -0.153. The minimum absolute atomic E-state index is 0.0487. The number of likely N-dealkylation sites (N-methyl/N-ethyl adjacent to an activating group) is 1. The normalized spacial score (nSPS) is 17.3. The van der Waals surface area contributed by atoms with Crippen LogP contribution >= 0.6 is 0 Å². The number of amides is 2. The van der Waals surface area contributed by atoms with E-state index in [-0.39, 0.29) is 24.3 Å². The lowest BCUT2D eigenvalue weighted by atomic mass is 9.87. The van der Waals surface area contributed by atoms with Crippen molar-refractivity contribution in [2.45, 2.75) is 51.1 Å². The molecule has 180 valence electrons. The Balaban J connectivity index is 1.41. The molecule has 2 aliphatic carbocycles. The van der Waals surface area contributed by atoms with Crippen LogP contribution in [-0.2, 0) is 14.3 Å². The molecule has 0 heterocycles. The van der Waals surface area contributed by atoms with Crippen molar-refractivity contribution in [1.82, 2.24) is 10.2 Å². The topological polar surface area (TPSA) is 95.9 Å². The lowest BCUT2D eigenvalue weighted by Gasteiger charge is -2.33. The average Bonchev–Trinajstić information content (AvgIpc) is 3.55. The SMILES string of the molecule is CC(C)C(C(=O)N(C)C1(C(=O)O)CC1)C(C)NC(=O)OCC1c2ccccc2-c2ccccc21. The Morgan fingerprint density at radius 3 is 2.03 bits per heavy atom. The van der Waals surface area contributed by atoms with Gasteiger partial charge in [-0.3, -0.25) is 4.79 Å². The zero-order valence-electron chi connectivity index (χ0n) is 20.1. The van der Waals surface area contributed by atoms with Crippen LogP contribution in [0.1, 0.15) is 50.7 Å². The summed E-state index contributed by atoms with van der Waals surface area (Å²) in [6.45, 7) is 5.74. The summed E-state index contributed by atoms with van der Waals surface area (Å²) in [5, 5.41) is 12.4. The zero-order chi connectivity index (χ0) is 24.6. The lowest BCUT2D eigenvalue weighted by Crippen LogP contribution is -2.53. The molecular weight excluding hydrogens is 432 g/mol. The smallest absolute Gasteiger partial charge is 0.407 e. The number of aliphatic carboxylic acids is 1. The Bertz CT molecular complexity index is 1060. The molecule has 34 heavy (non-hydrogen) atoms. The van der Waals surface area contributed by atoms with Gasteiger partial charge in [0.05, 0.1) is 5.92 Å². The van der Waals surface area contributed by atoms with E-state index in [4.69, 9.17) is 4.74 Å². The molecule has 2 aromatic rings. The predicted molar refractivity (Wildman–Crippen MR) is 128 cm³/mol. The molecule has 0 radical (unpaired) electrons. The number of nitrogens with one attached hydrogen (secondary N) is 1. The molecule has 1 saturated carbocycles. The van der Waals surface area contributed by atoms with E-state index in [1.54, 1.807) is 14.0 Å². The second kappa shape index (κ2) is 9.12. The van der Waals surface area contributed by atoms with E-state index in [1.165, 1.54) is 4.90 Å². The van der Waals surface area contributed by atoms with Crippen LogP contribution in [0.5, 0.6) is 0 Å². The summed E-state index contributed by atoms with van der Waals surface area (Å²) < 4.78 is 5.63. The molecule has 2 N–H and O–H groups in total. The summed E-state index contributed by atoms with van der Waals surface area (Å²) in [5.41, 5.74) is 3.45. The van der Waals surface area contributed by atoms with E-state index >= 15 is 0 Å². The number of carboxylic acid groups (broad SMARTS) is 1. The van der Waals surface area contributed by atoms with Gasteiger partial charge in [-0.15, -0.1) is 0 Å². The van der Waals surface area contributed by atoms with Crippen LogP contribution in [0.3, 0.4) is 0 Å². The highest BCUT2D eigenvalue weighted by atomic mass is 16.5. The number of rotatable bonds is 8. The zero-order valence-corrected chi connectivity index (χ0v) is 20.1. The largest absolute Gasteiger partial charge is 0.479 e. The van der Waals surface area contributed by atoms with Crippen molar-refractivity contribution >= 4 is 18.0 Å². The van der Waals surface area contributed by atoms with Crippen LogP contribution in [-0.4, -0.2) is 53.2 Å². The molecular formula is C27H32N2O5. The third-order valence-electron chi connectivity index (χ3n) is 7.33. The van der Waals surface area contributed by atoms with Gasteiger partial charge in [-0.1, -0.05) is 62.4 Å². The number of ether oxygens (including phenoxy) is 1. The molecule has 0 spiro atoms. The predicted octanol–water partition coefficient (Wildman–Crippen LogP) is 4.26. The summed E-state index contributed by atoms with van der Waals surface area (Å²) in [5.74, 6) is -1.97. The van der Waals surface area contributed by atoms with Gasteiger partial charge in [0.1, 0.15) is 12.1 Å². The van der Waals surface area contributed by atoms with Gasteiger partial charge in [-0.2, -0.15) is 0 Å². The van der Waals surface area contributed by atoms with Gasteiger partial charge < -0.3 is 20.1 Å². The van der Waals surface area contributed by atoms with E-state index in [2.05, 4.69) is 29.6 Å². The van der Waals surface area contributed by atoms with Crippen LogP contribution in [0.2, 0.25) is 0 Å². The molecule has 7 nitrogen and oxygen atoms in total.